The van der Waals surface area contributed by atoms with Gasteiger partial charge in [-0.2, -0.15) is 0 Å². The van der Waals surface area contributed by atoms with Crippen LogP contribution in [0.5, 0.6) is 0 Å². The molecule has 2 saturated carbocycles. The summed E-state index contributed by atoms with van der Waals surface area (Å²) in [6.45, 7) is 0. The zero-order valence-electron chi connectivity index (χ0n) is 8.92. The Morgan fingerprint density at radius 2 is 1.82 bits per heavy atom. The van der Waals surface area contributed by atoms with Gasteiger partial charge in [0.1, 0.15) is 0 Å². The molecule has 0 aromatic carbocycles. The maximum atomic E-state index is 10.8. The number of carboxylic acid groups (broad SMARTS) is 2. The SMILES string of the molecule is O=C(O)c1nc(C2C3CCCC32)oc1C(=O)O. The van der Waals surface area contributed by atoms with E-state index in [-0.39, 0.29) is 11.8 Å². The molecule has 2 aliphatic carbocycles. The van der Waals surface area contributed by atoms with Gasteiger partial charge in [-0.3, -0.25) is 0 Å². The van der Waals surface area contributed by atoms with E-state index in [1.165, 1.54) is 6.42 Å². The van der Waals surface area contributed by atoms with E-state index in [9.17, 15) is 9.59 Å². The Morgan fingerprint density at radius 1 is 1.18 bits per heavy atom. The topological polar surface area (TPSA) is 101 Å². The van der Waals surface area contributed by atoms with Crippen LogP contribution in [0.25, 0.3) is 0 Å². The van der Waals surface area contributed by atoms with Gasteiger partial charge in [-0.1, -0.05) is 6.42 Å². The third kappa shape index (κ3) is 1.44. The van der Waals surface area contributed by atoms with Crippen LogP contribution in [0, 0.1) is 11.8 Å². The molecule has 6 nitrogen and oxygen atoms in total. The second-order valence-electron chi connectivity index (χ2n) is 4.62. The van der Waals surface area contributed by atoms with Crippen molar-refractivity contribution in [1.82, 2.24) is 4.98 Å². The molecule has 2 atom stereocenters. The van der Waals surface area contributed by atoms with E-state index in [4.69, 9.17) is 14.6 Å². The highest BCUT2D eigenvalue weighted by atomic mass is 16.4. The van der Waals surface area contributed by atoms with Crippen LogP contribution in [-0.4, -0.2) is 27.1 Å². The molecule has 3 rings (SSSR count). The fourth-order valence-corrected chi connectivity index (χ4v) is 2.96. The summed E-state index contributed by atoms with van der Waals surface area (Å²) in [5.41, 5.74) is -0.488. The lowest BCUT2D eigenvalue weighted by Gasteiger charge is -1.96. The Hall–Kier alpha value is -1.85. The first kappa shape index (κ1) is 10.3. The van der Waals surface area contributed by atoms with Crippen molar-refractivity contribution in [2.24, 2.45) is 11.8 Å². The van der Waals surface area contributed by atoms with Gasteiger partial charge in [-0.25, -0.2) is 14.6 Å². The first-order valence-corrected chi connectivity index (χ1v) is 5.57. The van der Waals surface area contributed by atoms with Crippen LogP contribution < -0.4 is 0 Å². The second kappa shape index (κ2) is 3.32. The summed E-state index contributed by atoms with van der Waals surface area (Å²) in [6, 6.07) is 0. The molecule has 0 spiro atoms. The van der Waals surface area contributed by atoms with Gasteiger partial charge < -0.3 is 14.6 Å². The summed E-state index contributed by atoms with van der Waals surface area (Å²) in [5, 5.41) is 17.7. The monoisotopic (exact) mass is 237 g/mol. The van der Waals surface area contributed by atoms with E-state index in [2.05, 4.69) is 4.98 Å². The Labute approximate surface area is 96.3 Å². The summed E-state index contributed by atoms with van der Waals surface area (Å²) in [7, 11) is 0. The number of hydrogen-bond acceptors (Lipinski definition) is 4. The lowest BCUT2D eigenvalue weighted by Crippen LogP contribution is -2.05. The average Bonchev–Trinajstić information content (AvgIpc) is 2.73. The molecule has 0 aliphatic heterocycles. The first-order chi connectivity index (χ1) is 8.09. The zero-order valence-corrected chi connectivity index (χ0v) is 8.92. The van der Waals surface area contributed by atoms with Gasteiger partial charge in [0.05, 0.1) is 0 Å². The van der Waals surface area contributed by atoms with Crippen molar-refractivity contribution in [3.05, 3.63) is 17.3 Å². The Balaban J connectivity index is 1.94. The van der Waals surface area contributed by atoms with E-state index in [1.807, 2.05) is 0 Å². The van der Waals surface area contributed by atoms with Crippen molar-refractivity contribution in [3.63, 3.8) is 0 Å². The van der Waals surface area contributed by atoms with Crippen LogP contribution in [0.15, 0.2) is 4.42 Å². The maximum absolute atomic E-state index is 10.8. The third-order valence-corrected chi connectivity index (χ3v) is 3.73. The van der Waals surface area contributed by atoms with E-state index in [1.54, 1.807) is 0 Å². The molecule has 6 heteroatoms. The summed E-state index contributed by atoms with van der Waals surface area (Å²) >= 11 is 0. The van der Waals surface area contributed by atoms with Crippen molar-refractivity contribution in [2.45, 2.75) is 25.2 Å². The smallest absolute Gasteiger partial charge is 0.374 e. The molecule has 2 fully saturated rings. The quantitative estimate of drug-likeness (QED) is 0.827. The van der Waals surface area contributed by atoms with Crippen LogP contribution >= 0.6 is 0 Å². The molecule has 2 N–H and O–H groups in total. The van der Waals surface area contributed by atoms with Crippen LogP contribution in [0.3, 0.4) is 0 Å². The molecular formula is C11H11NO5. The molecule has 0 saturated heterocycles. The standard InChI is InChI=1S/C11H11NO5/c13-10(14)7-8(11(15)16)17-9(12-7)6-4-2-1-3-5(4)6/h4-6H,1-3H2,(H,13,14)(H,15,16). The minimum Gasteiger partial charge on any atom is -0.476 e. The van der Waals surface area contributed by atoms with Crippen molar-refractivity contribution in [2.75, 3.05) is 0 Å². The van der Waals surface area contributed by atoms with E-state index >= 15 is 0 Å². The maximum Gasteiger partial charge on any atom is 0.374 e. The molecule has 1 heterocycles. The predicted octanol–water partition coefficient (Wildman–Crippen LogP) is 1.58. The van der Waals surface area contributed by atoms with Crippen molar-refractivity contribution >= 4 is 11.9 Å². The van der Waals surface area contributed by atoms with Gasteiger partial charge in [0.15, 0.2) is 5.89 Å². The summed E-state index contributed by atoms with van der Waals surface area (Å²) in [5.74, 6) is -1.86. The number of nitrogens with zero attached hydrogens (tertiary/aromatic N) is 1. The van der Waals surface area contributed by atoms with Gasteiger partial charge >= 0.3 is 11.9 Å². The molecule has 2 unspecified atom stereocenters. The molecule has 90 valence electrons. The lowest BCUT2D eigenvalue weighted by atomic mass is 10.1. The Morgan fingerprint density at radius 3 is 2.29 bits per heavy atom. The minimum atomic E-state index is -1.38. The van der Waals surface area contributed by atoms with Crippen molar-refractivity contribution in [1.29, 1.82) is 0 Å². The van der Waals surface area contributed by atoms with E-state index < -0.39 is 23.4 Å². The average molecular weight is 237 g/mol. The minimum absolute atomic E-state index is 0.134. The van der Waals surface area contributed by atoms with Gasteiger partial charge in [-0.05, 0) is 24.7 Å². The highest BCUT2D eigenvalue weighted by Crippen LogP contribution is 2.62. The summed E-state index contributed by atoms with van der Waals surface area (Å²) in [4.78, 5) is 25.5. The predicted molar refractivity (Wildman–Crippen MR) is 54.0 cm³/mol. The van der Waals surface area contributed by atoms with Gasteiger partial charge in [0.25, 0.3) is 0 Å². The number of carboxylic acids is 2. The number of rotatable bonds is 3. The number of fused-ring (bicyclic) bond motifs is 1. The molecule has 0 bridgehead atoms. The highest BCUT2D eigenvalue weighted by Gasteiger charge is 2.56. The molecule has 1 aromatic rings. The summed E-state index contributed by atoms with van der Waals surface area (Å²) < 4.78 is 5.11. The number of oxazole rings is 1. The van der Waals surface area contributed by atoms with Crippen molar-refractivity contribution < 1.29 is 24.2 Å². The van der Waals surface area contributed by atoms with Crippen LogP contribution in [0.1, 0.15) is 52.1 Å². The molecule has 2 aliphatic rings. The molecule has 1 aromatic heterocycles. The number of carbonyl (C=O) groups is 2. The van der Waals surface area contributed by atoms with Crippen LogP contribution in [-0.2, 0) is 0 Å². The van der Waals surface area contributed by atoms with E-state index in [0.29, 0.717) is 11.8 Å². The first-order valence-electron chi connectivity index (χ1n) is 5.57. The second-order valence-corrected chi connectivity index (χ2v) is 4.62. The molecule has 17 heavy (non-hydrogen) atoms. The van der Waals surface area contributed by atoms with Crippen LogP contribution in [0.2, 0.25) is 0 Å². The fraction of sp³-hybridized carbons (Fsp3) is 0.545. The number of aromatic carboxylic acids is 2. The van der Waals surface area contributed by atoms with E-state index in [0.717, 1.165) is 12.8 Å². The number of hydrogen-bond donors (Lipinski definition) is 2. The Kier molecular flexibility index (Phi) is 2.01. The lowest BCUT2D eigenvalue weighted by molar-refractivity contribution is 0.0623. The fourth-order valence-electron chi connectivity index (χ4n) is 2.96. The Bertz CT molecular complexity index is 464. The van der Waals surface area contributed by atoms with Gasteiger partial charge in [-0.15, -0.1) is 0 Å². The number of aromatic nitrogens is 1. The summed E-state index contributed by atoms with van der Waals surface area (Å²) in [6.07, 6.45) is 3.38. The molecular weight excluding hydrogens is 226 g/mol. The van der Waals surface area contributed by atoms with Gasteiger partial charge in [0, 0.05) is 5.92 Å². The van der Waals surface area contributed by atoms with Crippen molar-refractivity contribution in [3.8, 4) is 0 Å². The van der Waals surface area contributed by atoms with Crippen LogP contribution in [0.4, 0.5) is 0 Å². The zero-order chi connectivity index (χ0) is 12.2. The molecule has 0 radical (unpaired) electrons. The molecule has 0 amide bonds. The normalized spacial score (nSPS) is 30.0. The van der Waals surface area contributed by atoms with Gasteiger partial charge in [0.2, 0.25) is 11.5 Å². The highest BCUT2D eigenvalue weighted by molar-refractivity contribution is 5.98. The third-order valence-electron chi connectivity index (χ3n) is 3.73. The largest absolute Gasteiger partial charge is 0.476 e.